The summed E-state index contributed by atoms with van der Waals surface area (Å²) in [7, 11) is 0. The first-order chi connectivity index (χ1) is 8.93. The van der Waals surface area contributed by atoms with E-state index in [1.165, 1.54) is 5.56 Å². The summed E-state index contributed by atoms with van der Waals surface area (Å²) in [5, 5.41) is 0. The first-order valence-corrected chi connectivity index (χ1v) is 6.27. The second kappa shape index (κ2) is 5.33. The number of ether oxygens (including phenoxy) is 1. The van der Waals surface area contributed by atoms with E-state index >= 15 is 0 Å². The molecule has 3 rings (SSSR count). The van der Waals surface area contributed by atoms with Crippen molar-refractivity contribution < 1.29 is 4.74 Å². The summed E-state index contributed by atoms with van der Waals surface area (Å²) < 4.78 is 5.62. The molecule has 0 radical (unpaired) electrons. The molecule has 2 heterocycles. The van der Waals surface area contributed by atoms with Crippen LogP contribution in [0.2, 0.25) is 0 Å². The Morgan fingerprint density at radius 3 is 3.00 bits per heavy atom. The van der Waals surface area contributed by atoms with Crippen molar-refractivity contribution in [2.45, 2.75) is 12.6 Å². The first-order valence-electron chi connectivity index (χ1n) is 6.27. The van der Waals surface area contributed by atoms with E-state index in [2.05, 4.69) is 39.1 Å². The number of aromatic nitrogens is 2. The standard InChI is InChI=1S/C14H17N3O/c1-2-4-12(5-3-1)14-10-18-7-6-17(14)9-13-8-15-11-16-13/h1-5,8,11,14H,6-7,9-10H2,(H,15,16). The van der Waals surface area contributed by atoms with Gasteiger partial charge in [0.2, 0.25) is 0 Å². The number of hydrogen-bond acceptors (Lipinski definition) is 3. The van der Waals surface area contributed by atoms with Gasteiger partial charge >= 0.3 is 0 Å². The van der Waals surface area contributed by atoms with E-state index in [0.717, 1.165) is 32.0 Å². The third-order valence-electron chi connectivity index (χ3n) is 3.35. The van der Waals surface area contributed by atoms with Crippen LogP contribution in [0.3, 0.4) is 0 Å². The van der Waals surface area contributed by atoms with Crippen LogP contribution in [-0.4, -0.2) is 34.6 Å². The highest BCUT2D eigenvalue weighted by atomic mass is 16.5. The summed E-state index contributed by atoms with van der Waals surface area (Å²) in [5.74, 6) is 0. The molecule has 1 fully saturated rings. The average molecular weight is 243 g/mol. The summed E-state index contributed by atoms with van der Waals surface area (Å²) >= 11 is 0. The van der Waals surface area contributed by atoms with Crippen LogP contribution in [0.1, 0.15) is 17.3 Å². The van der Waals surface area contributed by atoms with Crippen LogP contribution >= 0.6 is 0 Å². The summed E-state index contributed by atoms with van der Waals surface area (Å²) in [6, 6.07) is 10.9. The minimum atomic E-state index is 0.336. The van der Waals surface area contributed by atoms with Gasteiger partial charge in [0, 0.05) is 25.0 Å². The zero-order valence-corrected chi connectivity index (χ0v) is 10.2. The molecule has 94 valence electrons. The molecule has 0 bridgehead atoms. The van der Waals surface area contributed by atoms with E-state index in [1.807, 2.05) is 12.3 Å². The van der Waals surface area contributed by atoms with Gasteiger partial charge in [0.15, 0.2) is 0 Å². The minimum absolute atomic E-state index is 0.336. The third kappa shape index (κ3) is 2.44. The van der Waals surface area contributed by atoms with Crippen molar-refractivity contribution in [1.82, 2.24) is 14.9 Å². The van der Waals surface area contributed by atoms with Gasteiger partial charge in [-0.1, -0.05) is 30.3 Å². The Kier molecular flexibility index (Phi) is 3.39. The summed E-state index contributed by atoms with van der Waals surface area (Å²) in [6.45, 7) is 3.41. The molecule has 4 nitrogen and oxygen atoms in total. The van der Waals surface area contributed by atoms with Crippen molar-refractivity contribution in [3.05, 3.63) is 54.1 Å². The normalized spacial score (nSPS) is 21.0. The summed E-state index contributed by atoms with van der Waals surface area (Å²) in [6.07, 6.45) is 3.62. The maximum Gasteiger partial charge on any atom is 0.0922 e. The number of aromatic amines is 1. The van der Waals surface area contributed by atoms with E-state index in [4.69, 9.17) is 4.74 Å². The van der Waals surface area contributed by atoms with Crippen molar-refractivity contribution in [3.8, 4) is 0 Å². The molecule has 2 aromatic rings. The van der Waals surface area contributed by atoms with Gasteiger partial charge in [0.1, 0.15) is 0 Å². The van der Waals surface area contributed by atoms with Gasteiger partial charge < -0.3 is 9.72 Å². The van der Waals surface area contributed by atoms with Gasteiger partial charge in [-0.05, 0) is 5.56 Å². The quantitative estimate of drug-likeness (QED) is 0.896. The fraction of sp³-hybridized carbons (Fsp3) is 0.357. The molecule has 4 heteroatoms. The predicted octanol–water partition coefficient (Wildman–Crippen LogP) is 1.98. The van der Waals surface area contributed by atoms with Crippen LogP contribution < -0.4 is 0 Å². The van der Waals surface area contributed by atoms with Crippen LogP contribution in [0.25, 0.3) is 0 Å². The van der Waals surface area contributed by atoms with Crippen molar-refractivity contribution in [3.63, 3.8) is 0 Å². The van der Waals surface area contributed by atoms with Gasteiger partial charge in [0.05, 0.1) is 25.6 Å². The molecule has 1 unspecified atom stereocenters. The molecule has 0 saturated carbocycles. The Labute approximate surface area is 107 Å². The lowest BCUT2D eigenvalue weighted by molar-refractivity contribution is -0.0132. The second-order valence-corrected chi connectivity index (χ2v) is 4.55. The highest BCUT2D eigenvalue weighted by Gasteiger charge is 2.24. The lowest BCUT2D eigenvalue weighted by Gasteiger charge is -2.35. The highest BCUT2D eigenvalue weighted by Crippen LogP contribution is 2.25. The molecule has 1 aromatic heterocycles. The molecule has 0 aliphatic carbocycles. The number of H-pyrrole nitrogens is 1. The van der Waals surface area contributed by atoms with Gasteiger partial charge in [-0.25, -0.2) is 4.98 Å². The molecule has 1 atom stereocenters. The Balaban J connectivity index is 1.78. The van der Waals surface area contributed by atoms with Gasteiger partial charge in [-0.3, -0.25) is 4.90 Å². The fourth-order valence-electron chi connectivity index (χ4n) is 2.40. The van der Waals surface area contributed by atoms with Crippen molar-refractivity contribution in [1.29, 1.82) is 0 Å². The van der Waals surface area contributed by atoms with Crippen LogP contribution in [0.5, 0.6) is 0 Å². The molecular weight excluding hydrogens is 226 g/mol. The maximum atomic E-state index is 5.62. The number of rotatable bonds is 3. The smallest absolute Gasteiger partial charge is 0.0922 e. The van der Waals surface area contributed by atoms with E-state index in [1.54, 1.807) is 6.33 Å². The maximum absolute atomic E-state index is 5.62. The number of nitrogens with one attached hydrogen (secondary N) is 1. The lowest BCUT2D eigenvalue weighted by atomic mass is 10.0. The molecule has 18 heavy (non-hydrogen) atoms. The third-order valence-corrected chi connectivity index (χ3v) is 3.35. The van der Waals surface area contributed by atoms with Crippen molar-refractivity contribution in [2.75, 3.05) is 19.8 Å². The molecule has 1 saturated heterocycles. The van der Waals surface area contributed by atoms with Crippen LogP contribution in [0.4, 0.5) is 0 Å². The number of imidazole rings is 1. The number of benzene rings is 1. The zero-order valence-electron chi connectivity index (χ0n) is 10.2. The zero-order chi connectivity index (χ0) is 12.2. The average Bonchev–Trinajstić information content (AvgIpc) is 2.93. The van der Waals surface area contributed by atoms with Crippen LogP contribution in [0, 0.1) is 0 Å². The SMILES string of the molecule is c1ccc(C2COCCN2Cc2cnc[nH]2)cc1. The number of hydrogen-bond donors (Lipinski definition) is 1. The van der Waals surface area contributed by atoms with Gasteiger partial charge in [-0.15, -0.1) is 0 Å². The Bertz CT molecular complexity index is 469. The second-order valence-electron chi connectivity index (χ2n) is 4.55. The molecule has 0 amide bonds. The van der Waals surface area contributed by atoms with Crippen molar-refractivity contribution in [2.24, 2.45) is 0 Å². The predicted molar refractivity (Wildman–Crippen MR) is 69.0 cm³/mol. The van der Waals surface area contributed by atoms with Crippen LogP contribution in [-0.2, 0) is 11.3 Å². The molecule has 1 N–H and O–H groups in total. The van der Waals surface area contributed by atoms with Gasteiger partial charge in [0.25, 0.3) is 0 Å². The number of morpholine rings is 1. The largest absolute Gasteiger partial charge is 0.378 e. The van der Waals surface area contributed by atoms with E-state index in [0.29, 0.717) is 6.04 Å². The Morgan fingerprint density at radius 2 is 2.22 bits per heavy atom. The Morgan fingerprint density at radius 1 is 1.33 bits per heavy atom. The van der Waals surface area contributed by atoms with Crippen LogP contribution in [0.15, 0.2) is 42.9 Å². The summed E-state index contributed by atoms with van der Waals surface area (Å²) in [4.78, 5) is 9.67. The van der Waals surface area contributed by atoms with E-state index < -0.39 is 0 Å². The Hall–Kier alpha value is -1.65. The topological polar surface area (TPSA) is 41.1 Å². The summed E-state index contributed by atoms with van der Waals surface area (Å²) in [5.41, 5.74) is 2.47. The molecule has 0 spiro atoms. The minimum Gasteiger partial charge on any atom is -0.378 e. The molecular formula is C14H17N3O. The highest BCUT2D eigenvalue weighted by molar-refractivity contribution is 5.19. The molecule has 1 aliphatic heterocycles. The van der Waals surface area contributed by atoms with Gasteiger partial charge in [-0.2, -0.15) is 0 Å². The van der Waals surface area contributed by atoms with E-state index in [-0.39, 0.29) is 0 Å². The lowest BCUT2D eigenvalue weighted by Crippen LogP contribution is -2.39. The molecule has 1 aliphatic rings. The van der Waals surface area contributed by atoms with E-state index in [9.17, 15) is 0 Å². The molecule has 1 aromatic carbocycles. The number of nitrogens with zero attached hydrogens (tertiary/aromatic N) is 2. The fourth-order valence-corrected chi connectivity index (χ4v) is 2.40. The first kappa shape index (κ1) is 11.4. The monoisotopic (exact) mass is 243 g/mol. The van der Waals surface area contributed by atoms with Crippen molar-refractivity contribution >= 4 is 0 Å².